The number of allylic oxidation sites excluding steroid dienone is 1. The summed E-state index contributed by atoms with van der Waals surface area (Å²) in [5, 5.41) is 0. The lowest BCUT2D eigenvalue weighted by atomic mass is 9.79. The molecule has 0 spiro atoms. The summed E-state index contributed by atoms with van der Waals surface area (Å²) in [6, 6.07) is 42.1. The number of benzene rings is 4. The second kappa shape index (κ2) is 15.0. The molecule has 6 rings (SSSR count). The summed E-state index contributed by atoms with van der Waals surface area (Å²) in [6.07, 6.45) is 6.23. The van der Waals surface area contributed by atoms with Gasteiger partial charge in [0.2, 0.25) is 5.90 Å². The largest absolute Gasteiger partial charge is 0.477 e. The molecule has 2 aliphatic rings. The van der Waals surface area contributed by atoms with Crippen molar-refractivity contribution in [2.75, 3.05) is 26.4 Å². The molecule has 0 bridgehead atoms. The molecule has 1 aliphatic heterocycles. The predicted octanol–water partition coefficient (Wildman–Crippen LogP) is 8.39. The lowest BCUT2D eigenvalue weighted by Crippen LogP contribution is -2.35. The van der Waals surface area contributed by atoms with Crippen molar-refractivity contribution in [2.24, 2.45) is 16.8 Å². The van der Waals surface area contributed by atoms with Gasteiger partial charge in [-0.15, -0.1) is 0 Å². The van der Waals surface area contributed by atoms with Gasteiger partial charge in [-0.25, -0.2) is 4.99 Å². The monoisotopic (exact) mass is 615 g/mol. The molecule has 0 saturated carbocycles. The number of hydrogen-bond donors (Lipinski definition) is 0. The highest BCUT2D eigenvalue weighted by molar-refractivity contribution is 5.79. The minimum absolute atomic E-state index is 0.0189. The first-order valence-electron chi connectivity index (χ1n) is 16.5. The van der Waals surface area contributed by atoms with Crippen LogP contribution in [-0.4, -0.2) is 44.0 Å². The van der Waals surface area contributed by atoms with Gasteiger partial charge in [-0.05, 0) is 60.8 Å². The highest BCUT2D eigenvalue weighted by Crippen LogP contribution is 2.41. The highest BCUT2D eigenvalue weighted by Gasteiger charge is 2.38. The highest BCUT2D eigenvalue weighted by atomic mass is 16.5. The van der Waals surface area contributed by atoms with Gasteiger partial charge >= 0.3 is 0 Å². The van der Waals surface area contributed by atoms with Crippen molar-refractivity contribution in [1.29, 1.82) is 0 Å². The molecule has 0 N–H and O–H groups in total. The molecule has 5 heteroatoms. The summed E-state index contributed by atoms with van der Waals surface area (Å²) >= 11 is 0. The molecular formula is C41H45NO4. The number of hydrogen-bond acceptors (Lipinski definition) is 5. The fourth-order valence-electron chi connectivity index (χ4n) is 6.56. The third-order valence-corrected chi connectivity index (χ3v) is 8.91. The first-order chi connectivity index (χ1) is 22.5. The van der Waals surface area contributed by atoms with Crippen LogP contribution in [0.25, 0.3) is 0 Å². The van der Waals surface area contributed by atoms with Gasteiger partial charge in [-0.3, -0.25) is 0 Å². The Balaban J connectivity index is 1.20. The zero-order valence-electron chi connectivity index (χ0n) is 27.0. The van der Waals surface area contributed by atoms with Crippen LogP contribution in [0.1, 0.15) is 48.9 Å². The van der Waals surface area contributed by atoms with Gasteiger partial charge in [-0.2, -0.15) is 0 Å². The summed E-state index contributed by atoms with van der Waals surface area (Å²) in [6.45, 7) is 6.96. The van der Waals surface area contributed by atoms with Gasteiger partial charge in [0.15, 0.2) is 0 Å². The molecule has 5 nitrogen and oxygen atoms in total. The normalized spacial score (nSPS) is 20.7. The van der Waals surface area contributed by atoms with E-state index in [-0.39, 0.29) is 23.5 Å². The van der Waals surface area contributed by atoms with Gasteiger partial charge < -0.3 is 18.9 Å². The van der Waals surface area contributed by atoms with Crippen LogP contribution in [0.5, 0.6) is 0 Å². The average molecular weight is 616 g/mol. The van der Waals surface area contributed by atoms with Crippen LogP contribution in [0.4, 0.5) is 0 Å². The Hall–Kier alpha value is -4.03. The molecule has 0 fully saturated rings. The molecule has 4 aromatic carbocycles. The fourth-order valence-corrected chi connectivity index (χ4v) is 6.56. The van der Waals surface area contributed by atoms with Gasteiger partial charge in [-0.1, -0.05) is 133 Å². The Morgan fingerprint density at radius 3 is 1.85 bits per heavy atom. The Labute approximate surface area is 273 Å². The third-order valence-electron chi connectivity index (χ3n) is 8.91. The second-order valence-electron chi connectivity index (χ2n) is 12.9. The number of ether oxygens (including phenoxy) is 4. The quantitative estimate of drug-likeness (QED) is 0.106. The topological polar surface area (TPSA) is 49.3 Å². The minimum Gasteiger partial charge on any atom is -0.477 e. The summed E-state index contributed by atoms with van der Waals surface area (Å²) < 4.78 is 25.5. The second-order valence-corrected chi connectivity index (χ2v) is 12.9. The summed E-state index contributed by atoms with van der Waals surface area (Å²) in [5.41, 5.74) is 3.60. The van der Waals surface area contributed by atoms with Gasteiger partial charge in [0.05, 0.1) is 24.9 Å². The van der Waals surface area contributed by atoms with Crippen LogP contribution in [0.3, 0.4) is 0 Å². The minimum atomic E-state index is -0.733. The number of nitrogens with zero attached hydrogens (tertiary/aromatic N) is 1. The molecule has 0 saturated heterocycles. The van der Waals surface area contributed by atoms with Crippen LogP contribution >= 0.6 is 0 Å². The van der Waals surface area contributed by atoms with E-state index in [1.54, 1.807) is 0 Å². The maximum absolute atomic E-state index is 7.14. The zero-order valence-corrected chi connectivity index (χ0v) is 27.0. The van der Waals surface area contributed by atoms with Gasteiger partial charge in [0.25, 0.3) is 0 Å². The van der Waals surface area contributed by atoms with Crippen LogP contribution in [0, 0.1) is 11.8 Å². The maximum Gasteiger partial charge on any atom is 0.210 e. The molecule has 0 aromatic heterocycles. The third kappa shape index (κ3) is 7.84. The van der Waals surface area contributed by atoms with E-state index in [1.807, 2.05) is 6.07 Å². The average Bonchev–Trinajstić information content (AvgIpc) is 3.46. The molecular weight excluding hydrogens is 570 g/mol. The molecule has 238 valence electrons. The van der Waals surface area contributed by atoms with Crippen LogP contribution in [-0.2, 0) is 31.2 Å². The van der Waals surface area contributed by atoms with E-state index in [4.69, 9.17) is 18.9 Å². The lowest BCUT2D eigenvalue weighted by Gasteiger charge is -2.37. The maximum atomic E-state index is 7.14. The van der Waals surface area contributed by atoms with E-state index in [9.17, 15) is 0 Å². The van der Waals surface area contributed by atoms with Gasteiger partial charge in [0, 0.05) is 6.61 Å². The SMILES string of the molecule is CC1(C)COC(CO[C@@H]2C=C[C@@H](CCOC(c3ccccc3)(c3ccccc3)c3ccccc3)[C@@H](COCc3ccccc3)C2)=N1. The van der Waals surface area contributed by atoms with E-state index < -0.39 is 5.60 Å². The van der Waals surface area contributed by atoms with Crippen molar-refractivity contribution in [3.05, 3.63) is 156 Å². The van der Waals surface area contributed by atoms with Crippen molar-refractivity contribution in [3.63, 3.8) is 0 Å². The standard InChI is InChI=1S/C41H45NO4/c1-40(2)31-45-39(42-40)30-44-38-24-23-33(34(27-38)29-43-28-32-15-7-3-8-16-32)25-26-46-41(35-17-9-4-10-18-35,36-19-11-5-12-20-36)37-21-13-6-14-22-37/h3-24,33-34,38H,25-31H2,1-2H3/t33-,34+,38+/m0/s1. The molecule has 46 heavy (non-hydrogen) atoms. The first-order valence-corrected chi connectivity index (χ1v) is 16.5. The van der Waals surface area contributed by atoms with Crippen molar-refractivity contribution >= 4 is 5.90 Å². The van der Waals surface area contributed by atoms with Crippen LogP contribution < -0.4 is 0 Å². The van der Waals surface area contributed by atoms with E-state index in [1.165, 1.54) is 5.56 Å². The van der Waals surface area contributed by atoms with Crippen molar-refractivity contribution in [3.8, 4) is 0 Å². The molecule has 1 aliphatic carbocycles. The van der Waals surface area contributed by atoms with Crippen molar-refractivity contribution in [1.82, 2.24) is 0 Å². The number of aliphatic imine (C=N–C) groups is 1. The van der Waals surface area contributed by atoms with E-state index >= 15 is 0 Å². The van der Waals surface area contributed by atoms with Crippen molar-refractivity contribution < 1.29 is 18.9 Å². The van der Waals surface area contributed by atoms with Crippen LogP contribution in [0.2, 0.25) is 0 Å². The number of rotatable bonds is 14. The van der Waals surface area contributed by atoms with E-state index in [0.29, 0.717) is 38.9 Å². The fraction of sp³-hybridized carbons (Fsp3) is 0.341. The van der Waals surface area contributed by atoms with Crippen molar-refractivity contribution in [2.45, 2.75) is 50.5 Å². The Morgan fingerprint density at radius 2 is 1.30 bits per heavy atom. The van der Waals surface area contributed by atoms with E-state index in [0.717, 1.165) is 29.5 Å². The molecule has 0 unspecified atom stereocenters. The van der Waals surface area contributed by atoms with Gasteiger partial charge in [0.1, 0.15) is 18.8 Å². The lowest BCUT2D eigenvalue weighted by molar-refractivity contribution is -0.00915. The predicted molar refractivity (Wildman–Crippen MR) is 184 cm³/mol. The Kier molecular flexibility index (Phi) is 10.4. The van der Waals surface area contributed by atoms with E-state index in [2.05, 4.69) is 146 Å². The summed E-state index contributed by atoms with van der Waals surface area (Å²) in [7, 11) is 0. The molecule has 0 amide bonds. The van der Waals surface area contributed by atoms with Crippen LogP contribution in [0.15, 0.2) is 138 Å². The first kappa shape index (κ1) is 31.9. The Morgan fingerprint density at radius 1 is 0.739 bits per heavy atom. The summed E-state index contributed by atoms with van der Waals surface area (Å²) in [5.74, 6) is 1.25. The summed E-state index contributed by atoms with van der Waals surface area (Å²) in [4.78, 5) is 4.66. The Bertz CT molecular complexity index is 1460. The molecule has 1 heterocycles. The smallest absolute Gasteiger partial charge is 0.210 e. The molecule has 4 aromatic rings. The molecule has 0 radical (unpaired) electrons. The molecule has 3 atom stereocenters. The zero-order chi connectivity index (χ0) is 31.7.